The van der Waals surface area contributed by atoms with E-state index in [1.165, 1.54) is 11.1 Å². The van der Waals surface area contributed by atoms with E-state index in [0.717, 1.165) is 30.6 Å². The molecule has 2 aromatic rings. The van der Waals surface area contributed by atoms with Gasteiger partial charge in [0.25, 0.3) is 0 Å². The molecule has 0 unspecified atom stereocenters. The molecule has 0 heterocycles. The molecule has 2 aromatic carbocycles. The molecule has 0 saturated heterocycles. The van der Waals surface area contributed by atoms with Gasteiger partial charge in [0, 0.05) is 13.0 Å². The average molecular weight is 480 g/mol. The molecule has 0 aliphatic rings. The molecule has 1 N–H and O–H groups in total. The fourth-order valence-corrected chi connectivity index (χ4v) is 3.16. The van der Waals surface area contributed by atoms with E-state index in [0.29, 0.717) is 13.2 Å². The maximum absolute atomic E-state index is 12.0. The van der Waals surface area contributed by atoms with Gasteiger partial charge in [-0.25, -0.2) is 4.79 Å². The molecule has 5 nitrogen and oxygen atoms in total. The Morgan fingerprint density at radius 1 is 0.853 bits per heavy atom. The van der Waals surface area contributed by atoms with E-state index in [9.17, 15) is 22.8 Å². The standard InChI is InChI=1S/C26H32F3NO4/c1-25(2,3)21-10-6-20(7-11-21)15-18-33-22-12-8-19(9-13-22)5-4-16-30-17-14-23(31)34-24(32)26(27,28)29/h6-13,30H,4-5,14-18H2,1-3H3. The van der Waals surface area contributed by atoms with Crippen molar-refractivity contribution in [2.75, 3.05) is 19.7 Å². The molecule has 0 aliphatic heterocycles. The van der Waals surface area contributed by atoms with E-state index in [1.54, 1.807) is 0 Å². The number of benzene rings is 2. The van der Waals surface area contributed by atoms with Crippen LogP contribution in [0.2, 0.25) is 0 Å². The van der Waals surface area contributed by atoms with Crippen LogP contribution in [0.15, 0.2) is 48.5 Å². The largest absolute Gasteiger partial charge is 0.493 e. The van der Waals surface area contributed by atoms with Crippen molar-refractivity contribution in [1.29, 1.82) is 0 Å². The summed E-state index contributed by atoms with van der Waals surface area (Å²) in [6.45, 7) is 7.89. The van der Waals surface area contributed by atoms with E-state index in [2.05, 4.69) is 55.1 Å². The van der Waals surface area contributed by atoms with Gasteiger partial charge in [0.1, 0.15) is 5.75 Å². The van der Waals surface area contributed by atoms with Gasteiger partial charge >= 0.3 is 18.1 Å². The smallest absolute Gasteiger partial charge is 0.491 e. The van der Waals surface area contributed by atoms with Gasteiger partial charge in [-0.3, -0.25) is 4.79 Å². The van der Waals surface area contributed by atoms with E-state index >= 15 is 0 Å². The number of hydrogen-bond donors (Lipinski definition) is 1. The average Bonchev–Trinajstić information content (AvgIpc) is 2.76. The third-order valence-corrected chi connectivity index (χ3v) is 5.17. The molecule has 0 saturated carbocycles. The van der Waals surface area contributed by atoms with Gasteiger partial charge in [0.05, 0.1) is 13.0 Å². The van der Waals surface area contributed by atoms with Gasteiger partial charge in [-0.2, -0.15) is 13.2 Å². The summed E-state index contributed by atoms with van der Waals surface area (Å²) >= 11 is 0. The molecular formula is C26H32F3NO4. The Morgan fingerprint density at radius 3 is 2.03 bits per heavy atom. The van der Waals surface area contributed by atoms with Gasteiger partial charge in [-0.15, -0.1) is 0 Å². The third-order valence-electron chi connectivity index (χ3n) is 5.17. The number of alkyl halides is 3. The molecule has 0 bridgehead atoms. The van der Waals surface area contributed by atoms with Crippen molar-refractivity contribution >= 4 is 11.9 Å². The molecule has 0 spiro atoms. The Labute approximate surface area is 198 Å². The van der Waals surface area contributed by atoms with Crippen molar-refractivity contribution in [2.45, 2.75) is 58.0 Å². The Balaban J connectivity index is 1.59. The van der Waals surface area contributed by atoms with Gasteiger partial charge in [-0.1, -0.05) is 57.2 Å². The normalized spacial score (nSPS) is 11.8. The van der Waals surface area contributed by atoms with Gasteiger partial charge in [-0.05, 0) is 53.6 Å². The Bertz CT molecular complexity index is 917. The van der Waals surface area contributed by atoms with Crippen LogP contribution in [0, 0.1) is 0 Å². The Hall–Kier alpha value is -2.87. The first kappa shape index (κ1) is 27.4. The van der Waals surface area contributed by atoms with Gasteiger partial charge in [0.15, 0.2) is 0 Å². The molecular weight excluding hydrogens is 447 g/mol. The van der Waals surface area contributed by atoms with Crippen LogP contribution in [0.25, 0.3) is 0 Å². The predicted octanol–water partition coefficient (Wildman–Crippen LogP) is 5.15. The third kappa shape index (κ3) is 9.95. The summed E-state index contributed by atoms with van der Waals surface area (Å²) in [5, 5.41) is 2.95. The van der Waals surface area contributed by atoms with Crippen LogP contribution in [-0.2, 0) is 32.6 Å². The fourth-order valence-electron chi connectivity index (χ4n) is 3.16. The van der Waals surface area contributed by atoms with Crippen molar-refractivity contribution in [2.24, 2.45) is 0 Å². The lowest BCUT2D eigenvalue weighted by atomic mass is 9.86. The van der Waals surface area contributed by atoms with E-state index < -0.39 is 18.1 Å². The Morgan fingerprint density at radius 2 is 1.44 bits per heavy atom. The number of carbonyl (C=O) groups is 2. The minimum absolute atomic E-state index is 0.135. The monoisotopic (exact) mass is 479 g/mol. The van der Waals surface area contributed by atoms with Crippen molar-refractivity contribution in [3.8, 4) is 5.75 Å². The van der Waals surface area contributed by atoms with Crippen molar-refractivity contribution < 1.29 is 32.2 Å². The molecule has 0 aromatic heterocycles. The lowest BCUT2D eigenvalue weighted by Crippen LogP contribution is -2.29. The Kier molecular flexibility index (Phi) is 10.1. The van der Waals surface area contributed by atoms with Crippen molar-refractivity contribution in [3.63, 3.8) is 0 Å². The molecule has 186 valence electrons. The van der Waals surface area contributed by atoms with Crippen LogP contribution in [0.3, 0.4) is 0 Å². The molecule has 0 radical (unpaired) electrons. The minimum atomic E-state index is -5.16. The topological polar surface area (TPSA) is 64.6 Å². The highest BCUT2D eigenvalue weighted by atomic mass is 19.4. The number of carbonyl (C=O) groups excluding carboxylic acids is 2. The number of rotatable bonds is 11. The fraction of sp³-hybridized carbons (Fsp3) is 0.462. The summed E-state index contributed by atoms with van der Waals surface area (Å²) in [5.74, 6) is -2.88. The van der Waals surface area contributed by atoms with Crippen molar-refractivity contribution in [1.82, 2.24) is 5.32 Å². The molecule has 0 fully saturated rings. The second-order valence-electron chi connectivity index (χ2n) is 9.05. The SMILES string of the molecule is CC(C)(C)c1ccc(CCOc2ccc(CCCNCCC(=O)OC(=O)C(F)(F)F)cc2)cc1. The number of ether oxygens (including phenoxy) is 2. The maximum atomic E-state index is 12.0. The molecule has 8 heteroatoms. The lowest BCUT2D eigenvalue weighted by molar-refractivity contribution is -0.201. The van der Waals surface area contributed by atoms with Gasteiger partial charge < -0.3 is 14.8 Å². The van der Waals surface area contributed by atoms with Crippen molar-refractivity contribution in [3.05, 3.63) is 65.2 Å². The zero-order valence-corrected chi connectivity index (χ0v) is 19.8. The lowest BCUT2D eigenvalue weighted by Gasteiger charge is -2.19. The highest BCUT2D eigenvalue weighted by molar-refractivity contribution is 5.88. The quantitative estimate of drug-likeness (QED) is 0.274. The summed E-state index contributed by atoms with van der Waals surface area (Å²) in [4.78, 5) is 21.8. The van der Waals surface area contributed by atoms with E-state index in [4.69, 9.17) is 4.74 Å². The number of nitrogens with one attached hydrogen (secondary N) is 1. The molecule has 2 rings (SSSR count). The maximum Gasteiger partial charge on any atom is 0.491 e. The van der Waals surface area contributed by atoms with Crippen LogP contribution in [-0.4, -0.2) is 37.8 Å². The van der Waals surface area contributed by atoms with Gasteiger partial charge in [0.2, 0.25) is 0 Å². The first-order valence-corrected chi connectivity index (χ1v) is 11.3. The second-order valence-corrected chi connectivity index (χ2v) is 9.05. The van der Waals surface area contributed by atoms with Crippen LogP contribution >= 0.6 is 0 Å². The van der Waals surface area contributed by atoms with Crippen LogP contribution in [0.1, 0.15) is 50.3 Å². The zero-order valence-electron chi connectivity index (χ0n) is 19.8. The van der Waals surface area contributed by atoms with Crippen LogP contribution < -0.4 is 10.1 Å². The highest BCUT2D eigenvalue weighted by Crippen LogP contribution is 2.22. The summed E-state index contributed by atoms with van der Waals surface area (Å²) < 4.78 is 45.6. The molecule has 0 atom stereocenters. The first-order chi connectivity index (χ1) is 15.9. The second kappa shape index (κ2) is 12.6. The van der Waals surface area contributed by atoms with Crippen LogP contribution in [0.4, 0.5) is 13.2 Å². The molecule has 34 heavy (non-hydrogen) atoms. The minimum Gasteiger partial charge on any atom is -0.493 e. The number of esters is 2. The molecule has 0 aliphatic carbocycles. The van der Waals surface area contributed by atoms with Crippen LogP contribution in [0.5, 0.6) is 5.75 Å². The zero-order chi connectivity index (χ0) is 25.2. The number of aryl methyl sites for hydroxylation is 1. The highest BCUT2D eigenvalue weighted by Gasteiger charge is 2.42. The summed E-state index contributed by atoms with van der Waals surface area (Å²) in [5.41, 5.74) is 3.81. The first-order valence-electron chi connectivity index (χ1n) is 11.3. The number of halogens is 3. The van der Waals surface area contributed by atoms with E-state index in [-0.39, 0.29) is 18.4 Å². The summed E-state index contributed by atoms with van der Waals surface area (Å²) in [6, 6.07) is 16.5. The summed E-state index contributed by atoms with van der Waals surface area (Å²) in [7, 11) is 0. The predicted molar refractivity (Wildman–Crippen MR) is 124 cm³/mol. The summed E-state index contributed by atoms with van der Waals surface area (Å²) in [6.07, 6.45) is -3.07. The van der Waals surface area contributed by atoms with E-state index in [1.807, 2.05) is 24.3 Å². The molecule has 0 amide bonds. The number of hydrogen-bond acceptors (Lipinski definition) is 5.